The number of hydrogen-bond acceptors (Lipinski definition) is 3. The van der Waals surface area contributed by atoms with Crippen molar-refractivity contribution < 1.29 is 4.79 Å². The number of carbonyl (C=O) groups is 1. The fraction of sp³-hybridized carbons (Fsp3) is 0.269. The summed E-state index contributed by atoms with van der Waals surface area (Å²) in [6.07, 6.45) is 2.04. The van der Waals surface area contributed by atoms with Crippen LogP contribution in [0.5, 0.6) is 0 Å². The monoisotopic (exact) mass is 401 g/mol. The fourth-order valence-electron chi connectivity index (χ4n) is 2.99. The van der Waals surface area contributed by atoms with Crippen LogP contribution in [-0.4, -0.2) is 31.1 Å². The average Bonchev–Trinajstić information content (AvgIpc) is 2.80. The molecule has 0 bridgehead atoms. The van der Waals surface area contributed by atoms with E-state index in [2.05, 4.69) is 73.7 Å². The van der Waals surface area contributed by atoms with E-state index >= 15 is 0 Å². The summed E-state index contributed by atoms with van der Waals surface area (Å²) in [4.78, 5) is 13.9. The maximum Gasteiger partial charge on any atom is 0.263 e. The van der Waals surface area contributed by atoms with Crippen LogP contribution in [-0.2, 0) is 4.79 Å². The molecule has 0 spiro atoms. The van der Waals surface area contributed by atoms with E-state index in [0.29, 0.717) is 5.92 Å². The third-order valence-corrected chi connectivity index (χ3v) is 5.24. The van der Waals surface area contributed by atoms with Gasteiger partial charge in [0.25, 0.3) is 5.91 Å². The van der Waals surface area contributed by atoms with Crippen molar-refractivity contribution in [2.24, 2.45) is 0 Å². The van der Waals surface area contributed by atoms with E-state index in [-0.39, 0.29) is 5.91 Å². The van der Waals surface area contributed by atoms with Crippen molar-refractivity contribution in [3.8, 4) is 11.8 Å². The van der Waals surface area contributed by atoms with Crippen molar-refractivity contribution in [1.29, 1.82) is 0 Å². The van der Waals surface area contributed by atoms with Gasteiger partial charge >= 0.3 is 0 Å². The zero-order valence-corrected chi connectivity index (χ0v) is 18.3. The minimum Gasteiger partial charge on any atom is -0.364 e. The molecule has 0 aromatic heterocycles. The standard InChI is InChI=1S/C26H31N3O/c1-7-19(3)23-15-11-21(12-16-23)9-10-22-13-17-24(18-14-22)20(4)29(6)25(28-8-2)26(30)27-5/h8,11-19,25,28H,2,4,7H2,1,3,5-6H3,(H,27,30). The first-order chi connectivity index (χ1) is 14.4. The van der Waals surface area contributed by atoms with Gasteiger partial charge in [-0.25, -0.2) is 0 Å². The third-order valence-electron chi connectivity index (χ3n) is 5.24. The van der Waals surface area contributed by atoms with Crippen molar-refractivity contribution in [1.82, 2.24) is 15.5 Å². The quantitative estimate of drug-likeness (QED) is 0.512. The largest absolute Gasteiger partial charge is 0.364 e. The predicted octanol–water partition coefficient (Wildman–Crippen LogP) is 4.31. The number of nitrogens with zero attached hydrogens (tertiary/aromatic N) is 1. The summed E-state index contributed by atoms with van der Waals surface area (Å²) in [6.45, 7) is 12.2. The topological polar surface area (TPSA) is 44.4 Å². The van der Waals surface area contributed by atoms with Gasteiger partial charge in [0.15, 0.2) is 6.17 Å². The van der Waals surface area contributed by atoms with Crippen molar-refractivity contribution in [3.63, 3.8) is 0 Å². The molecule has 0 heterocycles. The van der Waals surface area contributed by atoms with Gasteiger partial charge in [-0.05, 0) is 53.9 Å². The van der Waals surface area contributed by atoms with Crippen molar-refractivity contribution in [2.75, 3.05) is 14.1 Å². The molecule has 0 aliphatic heterocycles. The molecule has 1 amide bonds. The molecule has 0 aliphatic rings. The zero-order chi connectivity index (χ0) is 22.1. The van der Waals surface area contributed by atoms with E-state index in [9.17, 15) is 4.79 Å². The predicted molar refractivity (Wildman–Crippen MR) is 126 cm³/mol. The number of rotatable bonds is 8. The number of amides is 1. The second-order valence-electron chi connectivity index (χ2n) is 7.20. The van der Waals surface area contributed by atoms with Gasteiger partial charge in [-0.15, -0.1) is 0 Å². The molecule has 2 aromatic rings. The molecule has 0 aliphatic carbocycles. The van der Waals surface area contributed by atoms with Crippen molar-refractivity contribution >= 4 is 11.6 Å². The Hall–Kier alpha value is -3.45. The Morgan fingerprint density at radius 2 is 1.63 bits per heavy atom. The van der Waals surface area contributed by atoms with Crippen LogP contribution in [0.4, 0.5) is 0 Å². The van der Waals surface area contributed by atoms with Crippen LogP contribution in [0.15, 0.2) is 67.9 Å². The number of carbonyl (C=O) groups excluding carboxylic acids is 1. The zero-order valence-electron chi connectivity index (χ0n) is 18.3. The van der Waals surface area contributed by atoms with Gasteiger partial charge in [0.1, 0.15) is 0 Å². The molecular weight excluding hydrogens is 370 g/mol. The first-order valence-corrected chi connectivity index (χ1v) is 10.1. The van der Waals surface area contributed by atoms with Crippen LogP contribution in [0, 0.1) is 11.8 Å². The maximum absolute atomic E-state index is 12.1. The Morgan fingerprint density at radius 1 is 1.10 bits per heavy atom. The molecule has 2 aromatic carbocycles. The van der Waals surface area contributed by atoms with Gasteiger partial charge in [0, 0.05) is 30.9 Å². The van der Waals surface area contributed by atoms with Gasteiger partial charge in [0.2, 0.25) is 0 Å². The summed E-state index contributed by atoms with van der Waals surface area (Å²) < 4.78 is 0. The molecule has 0 saturated heterocycles. The van der Waals surface area contributed by atoms with E-state index in [1.165, 1.54) is 11.8 Å². The third kappa shape index (κ3) is 5.78. The summed E-state index contributed by atoms with van der Waals surface area (Å²) in [7, 11) is 3.41. The smallest absolute Gasteiger partial charge is 0.263 e. The summed E-state index contributed by atoms with van der Waals surface area (Å²) in [5.41, 5.74) is 4.90. The van der Waals surface area contributed by atoms with Crippen molar-refractivity contribution in [2.45, 2.75) is 32.4 Å². The number of hydrogen-bond donors (Lipinski definition) is 2. The lowest BCUT2D eigenvalue weighted by Crippen LogP contribution is -2.50. The molecule has 30 heavy (non-hydrogen) atoms. The van der Waals surface area contributed by atoms with Gasteiger partial charge in [-0.3, -0.25) is 4.79 Å². The normalized spacial score (nSPS) is 12.0. The highest BCUT2D eigenvalue weighted by molar-refractivity contribution is 5.83. The lowest BCUT2D eigenvalue weighted by atomic mass is 9.98. The molecule has 0 radical (unpaired) electrons. The van der Waals surface area contributed by atoms with Crippen LogP contribution in [0.1, 0.15) is 48.4 Å². The molecule has 2 rings (SSSR count). The fourth-order valence-corrected chi connectivity index (χ4v) is 2.99. The molecule has 2 atom stereocenters. The summed E-state index contributed by atoms with van der Waals surface area (Å²) in [5, 5.41) is 5.58. The SMILES string of the molecule is C=CNC(C(=O)NC)N(C)C(=C)c1ccc(C#Cc2ccc(C(C)CC)cc2)cc1. The van der Waals surface area contributed by atoms with Gasteiger partial charge in [-0.1, -0.05) is 63.1 Å². The second-order valence-corrected chi connectivity index (χ2v) is 7.20. The lowest BCUT2D eigenvalue weighted by Gasteiger charge is -2.30. The van der Waals surface area contributed by atoms with E-state index in [0.717, 1.165) is 28.8 Å². The van der Waals surface area contributed by atoms with Crippen LogP contribution in [0.2, 0.25) is 0 Å². The Balaban J connectivity index is 2.11. The van der Waals surface area contributed by atoms with Crippen LogP contribution >= 0.6 is 0 Å². The number of likely N-dealkylation sites (N-methyl/N-ethyl adjacent to an activating group) is 2. The molecule has 156 valence electrons. The van der Waals surface area contributed by atoms with E-state index in [1.807, 2.05) is 31.3 Å². The minimum absolute atomic E-state index is 0.166. The van der Waals surface area contributed by atoms with E-state index in [1.54, 1.807) is 11.9 Å². The van der Waals surface area contributed by atoms with E-state index < -0.39 is 6.17 Å². The second kappa shape index (κ2) is 10.9. The first-order valence-electron chi connectivity index (χ1n) is 10.1. The Labute approximate surface area is 180 Å². The Morgan fingerprint density at radius 3 is 2.10 bits per heavy atom. The van der Waals surface area contributed by atoms with E-state index in [4.69, 9.17) is 0 Å². The summed E-state index contributed by atoms with van der Waals surface area (Å²) in [6, 6.07) is 16.3. The highest BCUT2D eigenvalue weighted by Gasteiger charge is 2.22. The van der Waals surface area contributed by atoms with Crippen LogP contribution < -0.4 is 10.6 Å². The van der Waals surface area contributed by atoms with Gasteiger partial charge in [0.05, 0.1) is 0 Å². The molecule has 4 nitrogen and oxygen atoms in total. The summed E-state index contributed by atoms with van der Waals surface area (Å²) in [5.74, 6) is 6.82. The molecule has 2 unspecified atom stereocenters. The average molecular weight is 402 g/mol. The Bertz CT molecular complexity index is 933. The lowest BCUT2D eigenvalue weighted by molar-refractivity contribution is -0.125. The molecular formula is C26H31N3O. The first kappa shape index (κ1) is 22.8. The van der Waals surface area contributed by atoms with Gasteiger partial charge < -0.3 is 15.5 Å². The molecule has 2 N–H and O–H groups in total. The molecule has 4 heteroatoms. The van der Waals surface area contributed by atoms with Gasteiger partial charge in [-0.2, -0.15) is 0 Å². The maximum atomic E-state index is 12.1. The number of nitrogens with one attached hydrogen (secondary N) is 2. The molecule has 0 saturated carbocycles. The highest BCUT2D eigenvalue weighted by Crippen LogP contribution is 2.19. The summed E-state index contributed by atoms with van der Waals surface area (Å²) >= 11 is 0. The Kier molecular flexibility index (Phi) is 8.31. The van der Waals surface area contributed by atoms with Crippen LogP contribution in [0.25, 0.3) is 5.70 Å². The number of benzene rings is 2. The molecule has 0 fully saturated rings. The van der Waals surface area contributed by atoms with Crippen molar-refractivity contribution in [3.05, 3.63) is 90.1 Å². The highest BCUT2D eigenvalue weighted by atomic mass is 16.2. The van der Waals surface area contributed by atoms with Crippen LogP contribution in [0.3, 0.4) is 0 Å². The minimum atomic E-state index is -0.585.